The van der Waals surface area contributed by atoms with Crippen LogP contribution in [0.1, 0.15) is 217 Å². The Morgan fingerprint density at radius 3 is 1.27 bits per heavy atom. The summed E-state index contributed by atoms with van der Waals surface area (Å²) in [7, 11) is -1.88. The number of benzene rings is 6. The van der Waals surface area contributed by atoms with Gasteiger partial charge in [-0.1, -0.05) is 93.7 Å². The van der Waals surface area contributed by atoms with Crippen LogP contribution in [-0.2, 0) is 64.6 Å². The third-order valence-electron chi connectivity index (χ3n) is 26.3. The molecule has 0 atom stereocenters. The van der Waals surface area contributed by atoms with Crippen molar-refractivity contribution in [1.29, 1.82) is 0 Å². The summed E-state index contributed by atoms with van der Waals surface area (Å²) < 4.78 is 107. The predicted molar refractivity (Wildman–Crippen MR) is 485 cm³/mol. The number of likely N-dealkylation sites (N-methyl/N-ethyl adjacent to an activating group) is 3. The molecule has 5 N–H and O–H groups in total. The van der Waals surface area contributed by atoms with E-state index in [2.05, 4.69) is 49.4 Å². The molecule has 124 heavy (non-hydrogen) atoms. The van der Waals surface area contributed by atoms with Crippen LogP contribution in [0.2, 0.25) is 5.02 Å². The van der Waals surface area contributed by atoms with E-state index in [0.29, 0.717) is 124 Å². The van der Waals surface area contributed by atoms with Crippen LogP contribution in [0.3, 0.4) is 0 Å². The van der Waals surface area contributed by atoms with E-state index in [9.17, 15) is 54.0 Å². The number of halogens is 1. The zero-order chi connectivity index (χ0) is 87.0. The molecule has 6 aromatic carbocycles. The molecule has 26 nitrogen and oxygen atoms in total. The minimum Gasteiger partial charge on any atom is -0.497 e. The van der Waals surface area contributed by atoms with E-state index in [4.69, 9.17) is 21.1 Å². The first-order chi connectivity index (χ1) is 59.6. The molecular weight excluding hydrogens is 1650 g/mol. The van der Waals surface area contributed by atoms with Crippen LogP contribution >= 0.6 is 11.6 Å². The lowest BCUT2D eigenvalue weighted by Crippen LogP contribution is -2.43. The number of ether oxygens (including phenoxy) is 2. The van der Waals surface area contributed by atoms with Gasteiger partial charge in [-0.05, 0) is 239 Å². The number of carbonyl (C=O) groups excluding carboxylic acids is 6. The number of aromatic nitrogens is 3. The Balaban J connectivity index is 0.000000137. The molecule has 9 aromatic rings. The summed E-state index contributed by atoms with van der Waals surface area (Å²) in [5.74, 6) is 0.356. The Labute approximate surface area is 730 Å². The van der Waals surface area contributed by atoms with Gasteiger partial charge in [-0.25, -0.2) is 14.2 Å². The van der Waals surface area contributed by atoms with Crippen LogP contribution in [0.15, 0.2) is 126 Å². The molecule has 3 fully saturated rings. The molecule has 18 rings (SSSR count). The Kier molecular flexibility index (Phi) is 25.9. The number of hydrogen-bond acceptors (Lipinski definition) is 15. The van der Waals surface area contributed by atoms with Gasteiger partial charge in [0.25, 0.3) is 29.5 Å². The third kappa shape index (κ3) is 18.3. The van der Waals surface area contributed by atoms with Crippen molar-refractivity contribution in [3.63, 3.8) is 0 Å². The highest BCUT2D eigenvalue weighted by Crippen LogP contribution is 2.52. The Bertz CT molecular complexity index is 6220. The maximum absolute atomic E-state index is 13.9. The number of rotatable bonds is 5. The largest absolute Gasteiger partial charge is 0.497 e. The van der Waals surface area contributed by atoms with Crippen molar-refractivity contribution in [2.45, 2.75) is 172 Å². The lowest BCUT2D eigenvalue weighted by Gasteiger charge is -2.24. The number of ketones is 1. The van der Waals surface area contributed by atoms with Crippen molar-refractivity contribution in [1.82, 2.24) is 56.3 Å². The van der Waals surface area contributed by atoms with Crippen molar-refractivity contribution < 1.29 is 63.5 Å². The molecular formula is C94H109ClN12O14S3. The fourth-order valence-corrected chi connectivity index (χ4v) is 22.5. The number of carbonyl (C=O) groups is 6. The number of hydrogen-bond donors (Lipinski definition) is 5. The molecule has 3 aliphatic carbocycles. The van der Waals surface area contributed by atoms with Gasteiger partial charge in [0.2, 0.25) is 0 Å². The highest BCUT2D eigenvalue weighted by molar-refractivity contribution is 7.88. The summed E-state index contributed by atoms with van der Waals surface area (Å²) in [6.07, 6.45) is 26.3. The van der Waals surface area contributed by atoms with Crippen LogP contribution in [0.25, 0.3) is 84.7 Å². The van der Waals surface area contributed by atoms with E-state index in [0.717, 1.165) is 176 Å². The summed E-state index contributed by atoms with van der Waals surface area (Å²) >= 11 is 6.57. The minimum atomic E-state index is -4.04. The molecule has 9 heterocycles. The van der Waals surface area contributed by atoms with E-state index in [1.807, 2.05) is 90.8 Å². The predicted octanol–water partition coefficient (Wildman–Crippen LogP) is 14.8. The van der Waals surface area contributed by atoms with E-state index < -0.39 is 48.3 Å². The highest BCUT2D eigenvalue weighted by atomic mass is 35.5. The standard InChI is InChI=1S/C32H38N4O5S.C31H35ClN4O4S.C31H36N4O5S/c1-35-15-6-9-29(37)24-17-23-18-25(41-2)11-13-26(23)31-30(21-7-4-3-5-8-21)27-12-10-22(19-28(27)36(31)20-24)32(38)34-42(39,40)33-14-16-35;1-34-14-6-7-15-35(2)41(39,40)33-30(37)22-11-13-25-27(17-22)36-19-23(31(34)38)16-21-10-12-24(32)18-26(21)29(36)28(25)20-8-4-3-5-9-20;1-34-15-7-6-14-32-41(38,39)33-30(36)21-10-12-26-27(18-21)35-19-23(31(34)37)16-22-17-24(40-2)11-13-25(22)29(35)28(26)20-8-4-3-5-9-20/h10-13,17-19,21,33H,3-9,14-16,20H2,1-2H3,(H,34,38);10-13,16-18,20H,3-9,14-15,19H2,1-2H3,(H,33,37);10-13,16-18,20,32H,3-9,14-15,19H2,1-2H3,(H,33,36). The first kappa shape index (κ1) is 87.2. The second-order valence-electron chi connectivity index (χ2n) is 34.5. The first-order valence-corrected chi connectivity index (χ1v) is 48.3. The molecule has 9 aliphatic rings. The highest BCUT2D eigenvalue weighted by Gasteiger charge is 2.37. The third-order valence-corrected chi connectivity index (χ3v) is 30.0. The number of nitrogens with zero attached hydrogens (tertiary/aromatic N) is 7. The van der Waals surface area contributed by atoms with Gasteiger partial charge < -0.3 is 37.9 Å². The van der Waals surface area contributed by atoms with Gasteiger partial charge in [0, 0.05) is 155 Å². The number of allylic oxidation sites excluding steroid dienone is 1. The zero-order valence-electron chi connectivity index (χ0n) is 71.2. The van der Waals surface area contributed by atoms with Gasteiger partial charge in [-0.15, -0.1) is 0 Å². The van der Waals surface area contributed by atoms with Gasteiger partial charge >= 0.3 is 30.6 Å². The molecule has 654 valence electrons. The average Bonchev–Trinajstić information content (AvgIpc) is 1.58. The van der Waals surface area contributed by atoms with Crippen LogP contribution in [0.4, 0.5) is 0 Å². The van der Waals surface area contributed by atoms with Crippen LogP contribution in [-0.4, -0.2) is 182 Å². The quantitative estimate of drug-likeness (QED) is 0.107. The lowest BCUT2D eigenvalue weighted by atomic mass is 9.81. The molecule has 0 radical (unpaired) electrons. The summed E-state index contributed by atoms with van der Waals surface area (Å²) in [5.41, 5.74) is 17.9. The van der Waals surface area contributed by atoms with E-state index in [-0.39, 0.29) is 53.9 Å². The van der Waals surface area contributed by atoms with Crippen LogP contribution in [0.5, 0.6) is 11.5 Å². The normalized spacial score (nSPS) is 20.4. The average molecular weight is 1760 g/mol. The van der Waals surface area contributed by atoms with Gasteiger partial charge in [-0.2, -0.15) is 39.0 Å². The zero-order valence-corrected chi connectivity index (χ0v) is 74.4. The second-order valence-corrected chi connectivity index (χ2v) is 39.7. The number of fused-ring (bicyclic) bond motifs is 12. The fraction of sp³-hybridized carbons (Fsp3) is 0.426. The molecule has 0 unspecified atom stereocenters. The SMILES string of the molecule is CN1CCCCN(C)S(=O)(=O)NC(=O)c2ccc3c(C4CCCCC4)c4n(c3c2)CC(=Cc2ccc(Cl)cc2-4)C1=O.COc1ccc2c(c1)C=C1Cn3c-2c(C2CCCCC2)c2ccc(cc23)C(=O)NS(=O)(=O)NCCCCN(C)C1=O.COc1ccc2c(c1)C=C1Cn3c-2c(C2CCCCC2)c2ccc(cc23)C(=O)NS(=O)(=O)NCCN(C)CCCC1=O. The molecule has 5 amide bonds. The minimum absolute atomic E-state index is 0.0678. The molecule has 3 saturated carbocycles. The van der Waals surface area contributed by atoms with Crippen molar-refractivity contribution in [2.75, 3.05) is 88.2 Å². The maximum Gasteiger partial charge on any atom is 0.303 e. The summed E-state index contributed by atoms with van der Waals surface area (Å²) in [5, 5.41) is 3.72. The van der Waals surface area contributed by atoms with E-state index in [1.165, 1.54) is 43.0 Å². The summed E-state index contributed by atoms with van der Waals surface area (Å²) in [4.78, 5) is 86.5. The Morgan fingerprint density at radius 1 is 0.387 bits per heavy atom. The van der Waals surface area contributed by atoms with Crippen molar-refractivity contribution in [2.24, 2.45) is 0 Å². The summed E-state index contributed by atoms with van der Waals surface area (Å²) in [6, 6.07) is 34.1. The molecule has 30 heteroatoms. The molecule has 6 aliphatic heterocycles. The number of amides is 5. The van der Waals surface area contributed by atoms with Crippen LogP contribution < -0.4 is 33.1 Å². The topological polar surface area (TPSA) is 311 Å². The summed E-state index contributed by atoms with van der Waals surface area (Å²) in [6.45, 7) is 3.64. The van der Waals surface area contributed by atoms with E-state index in [1.54, 1.807) is 74.5 Å². The van der Waals surface area contributed by atoms with Gasteiger partial charge in [0.05, 0.1) is 50.9 Å². The van der Waals surface area contributed by atoms with Crippen molar-refractivity contribution in [3.8, 4) is 45.3 Å². The van der Waals surface area contributed by atoms with Crippen LogP contribution in [0, 0.1) is 0 Å². The Hall–Kier alpha value is -10.2. The van der Waals surface area contributed by atoms with Crippen molar-refractivity contribution in [3.05, 3.63) is 181 Å². The maximum atomic E-state index is 13.9. The fourth-order valence-electron chi connectivity index (χ4n) is 19.9. The lowest BCUT2D eigenvalue weighted by molar-refractivity contribution is -0.126. The number of Topliss-reactive ketones (excluding diaryl/α,β-unsaturated/α-hetero) is 1. The van der Waals surface area contributed by atoms with Gasteiger partial charge in [-0.3, -0.25) is 28.8 Å². The first-order valence-electron chi connectivity index (χ1n) is 43.5. The monoisotopic (exact) mass is 1760 g/mol. The van der Waals surface area contributed by atoms with Gasteiger partial charge in [0.1, 0.15) is 11.5 Å². The number of nitrogens with one attached hydrogen (secondary N) is 5. The molecule has 12 bridgehead atoms. The second kappa shape index (κ2) is 36.8. The number of methoxy groups -OCH3 is 2. The van der Waals surface area contributed by atoms with E-state index >= 15 is 0 Å². The molecule has 3 aromatic heterocycles. The Morgan fingerprint density at radius 2 is 0.798 bits per heavy atom. The van der Waals surface area contributed by atoms with Crippen molar-refractivity contribution >= 4 is 128 Å². The molecule has 0 spiro atoms. The van der Waals surface area contributed by atoms with Gasteiger partial charge in [0.15, 0.2) is 5.78 Å². The molecule has 0 saturated heterocycles. The smallest absolute Gasteiger partial charge is 0.303 e.